The number of hydrogen-bond acceptors (Lipinski definition) is 3. The molecule has 0 spiro atoms. The Morgan fingerprint density at radius 2 is 2.12 bits per heavy atom. The first-order valence-electron chi connectivity index (χ1n) is 5.70. The summed E-state index contributed by atoms with van der Waals surface area (Å²) in [6.45, 7) is 0.679. The lowest BCUT2D eigenvalue weighted by atomic mass is 10.1. The van der Waals surface area contributed by atoms with Crippen LogP contribution in [0, 0.1) is 0 Å². The van der Waals surface area contributed by atoms with E-state index in [1.54, 1.807) is 7.11 Å². The molecule has 17 heavy (non-hydrogen) atoms. The van der Waals surface area contributed by atoms with Crippen LogP contribution in [0.25, 0.3) is 0 Å². The van der Waals surface area contributed by atoms with Gasteiger partial charge in [-0.3, -0.25) is 4.79 Å². The molecule has 1 unspecified atom stereocenters. The first-order chi connectivity index (χ1) is 8.22. The minimum Gasteiger partial charge on any atom is -0.391 e. The van der Waals surface area contributed by atoms with E-state index < -0.39 is 6.10 Å². The summed E-state index contributed by atoms with van der Waals surface area (Å²) in [5, 5.41) is 12.4. The third-order valence-electron chi connectivity index (χ3n) is 2.38. The van der Waals surface area contributed by atoms with Crippen LogP contribution in [0.1, 0.15) is 12.0 Å². The number of aliphatic hydroxyl groups excluding tert-OH is 1. The molecule has 2 N–H and O–H groups in total. The van der Waals surface area contributed by atoms with Crippen molar-refractivity contribution in [1.29, 1.82) is 0 Å². The Morgan fingerprint density at radius 3 is 2.76 bits per heavy atom. The lowest BCUT2D eigenvalue weighted by Crippen LogP contribution is -2.33. The highest BCUT2D eigenvalue weighted by Crippen LogP contribution is 2.02. The normalized spacial score (nSPS) is 12.1. The van der Waals surface area contributed by atoms with Crippen LogP contribution < -0.4 is 5.32 Å². The standard InChI is InChI=1S/C13H19NO3/c1-17-8-7-13(16)14-10-12(15)9-11-5-3-2-4-6-11/h2-6,12,15H,7-10H2,1H3,(H,14,16). The number of benzene rings is 1. The van der Waals surface area contributed by atoms with Gasteiger partial charge in [-0.2, -0.15) is 0 Å². The highest BCUT2D eigenvalue weighted by atomic mass is 16.5. The maximum Gasteiger partial charge on any atom is 0.222 e. The van der Waals surface area contributed by atoms with Crippen molar-refractivity contribution in [1.82, 2.24) is 5.32 Å². The second kappa shape index (κ2) is 7.81. The van der Waals surface area contributed by atoms with E-state index in [0.29, 0.717) is 19.4 Å². The van der Waals surface area contributed by atoms with Crippen LogP contribution in [-0.2, 0) is 16.0 Å². The summed E-state index contributed by atoms with van der Waals surface area (Å²) >= 11 is 0. The number of amides is 1. The van der Waals surface area contributed by atoms with Gasteiger partial charge >= 0.3 is 0 Å². The van der Waals surface area contributed by atoms with Gasteiger partial charge in [-0.15, -0.1) is 0 Å². The maximum absolute atomic E-state index is 11.3. The van der Waals surface area contributed by atoms with Crippen LogP contribution in [0.3, 0.4) is 0 Å². The summed E-state index contributed by atoms with van der Waals surface area (Å²) in [5.74, 6) is -0.0982. The molecule has 1 atom stereocenters. The lowest BCUT2D eigenvalue weighted by molar-refractivity contribution is -0.122. The third kappa shape index (κ3) is 6.04. The zero-order valence-corrected chi connectivity index (χ0v) is 10.1. The van der Waals surface area contributed by atoms with Crippen molar-refractivity contribution in [3.63, 3.8) is 0 Å². The molecule has 0 radical (unpaired) electrons. The molecule has 4 heteroatoms. The van der Waals surface area contributed by atoms with Crippen molar-refractivity contribution in [2.75, 3.05) is 20.3 Å². The first-order valence-corrected chi connectivity index (χ1v) is 5.70. The Morgan fingerprint density at radius 1 is 1.41 bits per heavy atom. The molecule has 4 nitrogen and oxygen atoms in total. The Balaban J connectivity index is 2.21. The summed E-state index contributed by atoms with van der Waals surface area (Å²) in [7, 11) is 1.55. The molecular weight excluding hydrogens is 218 g/mol. The topological polar surface area (TPSA) is 58.6 Å². The molecule has 94 valence electrons. The molecule has 0 aliphatic rings. The van der Waals surface area contributed by atoms with E-state index in [2.05, 4.69) is 5.32 Å². The predicted octanol–water partition coefficient (Wildman–Crippen LogP) is 0.743. The first kappa shape index (κ1) is 13.7. The fraction of sp³-hybridized carbons (Fsp3) is 0.462. The summed E-state index contributed by atoms with van der Waals surface area (Å²) in [6, 6.07) is 9.70. The minimum absolute atomic E-state index is 0.0982. The van der Waals surface area contributed by atoms with Gasteiger partial charge in [-0.25, -0.2) is 0 Å². The van der Waals surface area contributed by atoms with Crippen LogP contribution in [0.15, 0.2) is 30.3 Å². The van der Waals surface area contributed by atoms with Crippen molar-refractivity contribution < 1.29 is 14.6 Å². The molecule has 1 aromatic carbocycles. The molecular formula is C13H19NO3. The molecule has 0 saturated heterocycles. The smallest absolute Gasteiger partial charge is 0.222 e. The molecule has 1 aromatic rings. The molecule has 0 saturated carbocycles. The highest BCUT2D eigenvalue weighted by molar-refractivity contribution is 5.75. The van der Waals surface area contributed by atoms with Crippen molar-refractivity contribution in [3.8, 4) is 0 Å². The number of carbonyl (C=O) groups excluding carboxylic acids is 1. The van der Waals surface area contributed by atoms with Crippen LogP contribution in [-0.4, -0.2) is 37.4 Å². The second-order valence-corrected chi connectivity index (χ2v) is 3.89. The monoisotopic (exact) mass is 237 g/mol. The van der Waals surface area contributed by atoms with Gasteiger partial charge in [0.2, 0.25) is 5.91 Å². The molecule has 0 heterocycles. The van der Waals surface area contributed by atoms with Crippen LogP contribution in [0.5, 0.6) is 0 Å². The van der Waals surface area contributed by atoms with Crippen molar-refractivity contribution in [2.45, 2.75) is 18.9 Å². The van der Waals surface area contributed by atoms with Crippen molar-refractivity contribution in [3.05, 3.63) is 35.9 Å². The van der Waals surface area contributed by atoms with Gasteiger partial charge in [0, 0.05) is 26.5 Å². The average molecular weight is 237 g/mol. The fourth-order valence-electron chi connectivity index (χ4n) is 1.47. The predicted molar refractivity (Wildman–Crippen MR) is 65.7 cm³/mol. The van der Waals surface area contributed by atoms with Gasteiger partial charge < -0.3 is 15.2 Å². The number of methoxy groups -OCH3 is 1. The fourth-order valence-corrected chi connectivity index (χ4v) is 1.47. The number of aliphatic hydroxyl groups is 1. The molecule has 0 aliphatic heterocycles. The van der Waals surface area contributed by atoms with E-state index >= 15 is 0 Å². The van der Waals surface area contributed by atoms with Gasteiger partial charge in [0.1, 0.15) is 0 Å². The molecule has 0 aliphatic carbocycles. The van der Waals surface area contributed by atoms with Gasteiger partial charge in [-0.1, -0.05) is 30.3 Å². The van der Waals surface area contributed by atoms with E-state index in [0.717, 1.165) is 5.56 Å². The van der Waals surface area contributed by atoms with Gasteiger partial charge in [-0.05, 0) is 5.56 Å². The zero-order chi connectivity index (χ0) is 12.5. The highest BCUT2D eigenvalue weighted by Gasteiger charge is 2.07. The molecule has 0 fully saturated rings. The Kier molecular flexibility index (Phi) is 6.29. The van der Waals surface area contributed by atoms with E-state index in [9.17, 15) is 9.90 Å². The summed E-state index contributed by atoms with van der Waals surface area (Å²) < 4.78 is 4.79. The molecule has 1 amide bonds. The number of hydrogen-bond donors (Lipinski definition) is 2. The zero-order valence-electron chi connectivity index (χ0n) is 10.1. The van der Waals surface area contributed by atoms with Crippen LogP contribution >= 0.6 is 0 Å². The Bertz CT molecular complexity index is 327. The van der Waals surface area contributed by atoms with E-state index in [1.165, 1.54) is 0 Å². The molecule has 0 aromatic heterocycles. The number of ether oxygens (including phenoxy) is 1. The summed E-state index contributed by atoms with van der Waals surface area (Å²) in [4.78, 5) is 11.3. The Labute approximate surface area is 102 Å². The maximum atomic E-state index is 11.3. The summed E-state index contributed by atoms with van der Waals surface area (Å²) in [5.41, 5.74) is 1.06. The van der Waals surface area contributed by atoms with Crippen LogP contribution in [0.2, 0.25) is 0 Å². The minimum atomic E-state index is -0.552. The largest absolute Gasteiger partial charge is 0.391 e. The van der Waals surface area contributed by atoms with Crippen LogP contribution in [0.4, 0.5) is 0 Å². The third-order valence-corrected chi connectivity index (χ3v) is 2.38. The second-order valence-electron chi connectivity index (χ2n) is 3.89. The molecule has 1 rings (SSSR count). The number of carbonyl (C=O) groups is 1. The van der Waals surface area contributed by atoms with Gasteiger partial charge in [0.25, 0.3) is 0 Å². The average Bonchev–Trinajstić information content (AvgIpc) is 2.35. The van der Waals surface area contributed by atoms with Gasteiger partial charge in [0.15, 0.2) is 0 Å². The van der Waals surface area contributed by atoms with E-state index in [-0.39, 0.29) is 12.5 Å². The van der Waals surface area contributed by atoms with Crippen molar-refractivity contribution >= 4 is 5.91 Å². The summed E-state index contributed by atoms with van der Waals surface area (Å²) in [6.07, 6.45) is 0.323. The van der Waals surface area contributed by atoms with Crippen molar-refractivity contribution in [2.24, 2.45) is 0 Å². The van der Waals surface area contributed by atoms with E-state index in [1.807, 2.05) is 30.3 Å². The Hall–Kier alpha value is -1.39. The number of nitrogens with one attached hydrogen (secondary N) is 1. The quantitative estimate of drug-likeness (QED) is 0.735. The van der Waals surface area contributed by atoms with E-state index in [4.69, 9.17) is 4.74 Å². The SMILES string of the molecule is COCCC(=O)NCC(O)Cc1ccccc1. The molecule has 0 bridgehead atoms. The van der Waals surface area contributed by atoms with Gasteiger partial charge in [0.05, 0.1) is 12.7 Å². The lowest BCUT2D eigenvalue weighted by Gasteiger charge is -2.11. The number of rotatable bonds is 7.